The maximum atomic E-state index is 10.2. The lowest BCUT2D eigenvalue weighted by molar-refractivity contribution is -0.137. The molecule has 1 saturated heterocycles. The van der Waals surface area contributed by atoms with Gasteiger partial charge in [-0.2, -0.15) is 11.8 Å². The molecule has 4 heteroatoms. The fourth-order valence-electron chi connectivity index (χ4n) is 1.24. The molecule has 12 heavy (non-hydrogen) atoms. The third-order valence-corrected chi connectivity index (χ3v) is 3.09. The zero-order valence-electron chi connectivity index (χ0n) is 7.08. The first-order valence-corrected chi connectivity index (χ1v) is 5.47. The highest BCUT2D eigenvalue weighted by atomic mass is 32.2. The molecule has 0 spiro atoms. The van der Waals surface area contributed by atoms with E-state index >= 15 is 0 Å². The smallest absolute Gasteiger partial charge is 0.303 e. The van der Waals surface area contributed by atoms with E-state index in [1.54, 1.807) is 0 Å². The molecule has 1 unspecified atom stereocenters. The monoisotopic (exact) mass is 189 g/mol. The highest BCUT2D eigenvalue weighted by Gasteiger charge is 2.13. The van der Waals surface area contributed by atoms with Crippen LogP contribution in [0.1, 0.15) is 19.3 Å². The van der Waals surface area contributed by atoms with E-state index in [0.29, 0.717) is 6.04 Å². The lowest BCUT2D eigenvalue weighted by Crippen LogP contribution is -2.29. The van der Waals surface area contributed by atoms with Crippen LogP contribution in [0.3, 0.4) is 0 Å². The van der Waals surface area contributed by atoms with E-state index in [1.165, 1.54) is 17.9 Å². The van der Waals surface area contributed by atoms with Gasteiger partial charge in [0, 0.05) is 18.2 Å². The predicted octanol–water partition coefficient (Wildman–Crippen LogP) is 0.946. The number of nitrogens with one attached hydrogen (secondary N) is 1. The van der Waals surface area contributed by atoms with Gasteiger partial charge in [-0.25, -0.2) is 0 Å². The fourth-order valence-corrected chi connectivity index (χ4v) is 2.43. The van der Waals surface area contributed by atoms with Gasteiger partial charge in [-0.05, 0) is 25.1 Å². The molecule has 1 heterocycles. The Labute approximate surface area is 76.9 Å². The molecular weight excluding hydrogens is 174 g/mol. The molecule has 1 rings (SSSR count). The molecule has 0 aromatic carbocycles. The predicted molar refractivity (Wildman–Crippen MR) is 50.6 cm³/mol. The van der Waals surface area contributed by atoms with Crippen LogP contribution in [0.5, 0.6) is 0 Å². The molecule has 1 aliphatic heterocycles. The molecule has 1 fully saturated rings. The summed E-state index contributed by atoms with van der Waals surface area (Å²) in [6.07, 6.45) is 2.26. The van der Waals surface area contributed by atoms with Crippen LogP contribution in [0.2, 0.25) is 0 Å². The molecule has 0 radical (unpaired) electrons. The summed E-state index contributed by atoms with van der Waals surface area (Å²) in [6, 6.07) is 0.629. The van der Waals surface area contributed by atoms with Gasteiger partial charge in [-0.1, -0.05) is 0 Å². The van der Waals surface area contributed by atoms with Crippen LogP contribution in [0.4, 0.5) is 0 Å². The number of rotatable bonds is 5. The van der Waals surface area contributed by atoms with Gasteiger partial charge in [-0.15, -0.1) is 0 Å². The van der Waals surface area contributed by atoms with Crippen molar-refractivity contribution in [3.05, 3.63) is 0 Å². The van der Waals surface area contributed by atoms with Gasteiger partial charge in [-0.3, -0.25) is 4.79 Å². The normalized spacial score (nSPS) is 22.8. The van der Waals surface area contributed by atoms with Crippen LogP contribution in [0.15, 0.2) is 0 Å². The van der Waals surface area contributed by atoms with Crippen LogP contribution in [0, 0.1) is 0 Å². The van der Waals surface area contributed by atoms with E-state index in [1.807, 2.05) is 11.8 Å². The largest absolute Gasteiger partial charge is 0.481 e. The molecule has 0 amide bonds. The zero-order valence-corrected chi connectivity index (χ0v) is 7.90. The van der Waals surface area contributed by atoms with Crippen LogP contribution in [-0.2, 0) is 4.79 Å². The van der Waals surface area contributed by atoms with Crippen LogP contribution >= 0.6 is 11.8 Å². The van der Waals surface area contributed by atoms with Crippen molar-refractivity contribution in [2.45, 2.75) is 25.3 Å². The summed E-state index contributed by atoms with van der Waals surface area (Å²) in [5, 5.41) is 11.7. The van der Waals surface area contributed by atoms with Crippen molar-refractivity contribution in [3.8, 4) is 0 Å². The van der Waals surface area contributed by atoms with E-state index in [0.717, 1.165) is 13.0 Å². The van der Waals surface area contributed by atoms with Crippen molar-refractivity contribution in [1.82, 2.24) is 5.32 Å². The SMILES string of the molecule is O=C(O)CCCNC1CCSC1. The summed E-state index contributed by atoms with van der Waals surface area (Å²) in [7, 11) is 0. The maximum absolute atomic E-state index is 10.2. The highest BCUT2D eigenvalue weighted by Crippen LogP contribution is 2.16. The number of aliphatic carboxylic acids is 1. The lowest BCUT2D eigenvalue weighted by atomic mass is 10.2. The Kier molecular flexibility index (Phi) is 4.46. The van der Waals surface area contributed by atoms with Crippen molar-refractivity contribution in [2.75, 3.05) is 18.1 Å². The van der Waals surface area contributed by atoms with Gasteiger partial charge in [0.15, 0.2) is 0 Å². The number of carbonyl (C=O) groups is 1. The lowest BCUT2D eigenvalue weighted by Gasteiger charge is -2.09. The molecular formula is C8H15NO2S. The number of carboxylic acid groups (broad SMARTS) is 1. The quantitative estimate of drug-likeness (QED) is 0.632. The van der Waals surface area contributed by atoms with E-state index in [4.69, 9.17) is 5.11 Å². The first kappa shape index (κ1) is 9.86. The summed E-state index contributed by atoms with van der Waals surface area (Å²) in [6.45, 7) is 0.845. The Bertz CT molecular complexity index is 146. The Morgan fingerprint density at radius 1 is 1.67 bits per heavy atom. The topological polar surface area (TPSA) is 49.3 Å². The molecule has 2 N–H and O–H groups in total. The summed E-state index contributed by atoms with van der Waals surface area (Å²) >= 11 is 1.97. The van der Waals surface area contributed by atoms with E-state index in [9.17, 15) is 4.79 Å². The van der Waals surface area contributed by atoms with Gasteiger partial charge >= 0.3 is 5.97 Å². The second-order valence-corrected chi connectivity index (χ2v) is 4.16. The fraction of sp³-hybridized carbons (Fsp3) is 0.875. The van der Waals surface area contributed by atoms with Gasteiger partial charge in [0.1, 0.15) is 0 Å². The van der Waals surface area contributed by atoms with Crippen LogP contribution < -0.4 is 5.32 Å². The second-order valence-electron chi connectivity index (χ2n) is 3.01. The summed E-state index contributed by atoms with van der Waals surface area (Å²) in [4.78, 5) is 10.2. The minimum atomic E-state index is -0.697. The molecule has 70 valence electrons. The molecule has 3 nitrogen and oxygen atoms in total. The highest BCUT2D eigenvalue weighted by molar-refractivity contribution is 7.99. The number of thioether (sulfide) groups is 1. The Morgan fingerprint density at radius 2 is 2.50 bits per heavy atom. The summed E-state index contributed by atoms with van der Waals surface area (Å²) < 4.78 is 0. The van der Waals surface area contributed by atoms with Gasteiger partial charge < -0.3 is 10.4 Å². The van der Waals surface area contributed by atoms with E-state index in [-0.39, 0.29) is 6.42 Å². The van der Waals surface area contributed by atoms with Crippen molar-refractivity contribution in [1.29, 1.82) is 0 Å². The average molecular weight is 189 g/mol. The van der Waals surface area contributed by atoms with E-state index in [2.05, 4.69) is 5.32 Å². The van der Waals surface area contributed by atoms with Gasteiger partial charge in [0.05, 0.1) is 0 Å². The Balaban J connectivity index is 1.91. The summed E-state index contributed by atoms with van der Waals surface area (Å²) in [5.74, 6) is 1.74. The minimum Gasteiger partial charge on any atom is -0.481 e. The molecule has 0 aromatic heterocycles. The molecule has 1 aliphatic rings. The summed E-state index contributed by atoms with van der Waals surface area (Å²) in [5.41, 5.74) is 0. The van der Waals surface area contributed by atoms with E-state index < -0.39 is 5.97 Å². The number of carboxylic acids is 1. The van der Waals surface area contributed by atoms with Crippen molar-refractivity contribution in [2.24, 2.45) is 0 Å². The standard InChI is InChI=1S/C8H15NO2S/c10-8(11)2-1-4-9-7-3-5-12-6-7/h7,9H,1-6H2,(H,10,11). The molecule has 0 bridgehead atoms. The first-order chi connectivity index (χ1) is 5.79. The Hall–Kier alpha value is -0.220. The molecule has 0 saturated carbocycles. The van der Waals surface area contributed by atoms with Crippen LogP contribution in [0.25, 0.3) is 0 Å². The third-order valence-electron chi connectivity index (χ3n) is 1.93. The zero-order chi connectivity index (χ0) is 8.81. The molecule has 0 aliphatic carbocycles. The second kappa shape index (κ2) is 5.43. The van der Waals surface area contributed by atoms with Gasteiger partial charge in [0.25, 0.3) is 0 Å². The third kappa shape index (κ3) is 3.97. The minimum absolute atomic E-state index is 0.285. The molecule has 1 atom stereocenters. The maximum Gasteiger partial charge on any atom is 0.303 e. The number of hydrogen-bond donors (Lipinski definition) is 2. The van der Waals surface area contributed by atoms with Crippen molar-refractivity contribution >= 4 is 17.7 Å². The van der Waals surface area contributed by atoms with Crippen molar-refractivity contribution < 1.29 is 9.90 Å². The number of hydrogen-bond acceptors (Lipinski definition) is 3. The Morgan fingerprint density at radius 3 is 3.08 bits per heavy atom. The van der Waals surface area contributed by atoms with Crippen molar-refractivity contribution in [3.63, 3.8) is 0 Å². The molecule has 0 aromatic rings. The average Bonchev–Trinajstić information content (AvgIpc) is 2.49. The first-order valence-electron chi connectivity index (χ1n) is 4.32. The van der Waals surface area contributed by atoms with Crippen LogP contribution in [-0.4, -0.2) is 35.2 Å². The van der Waals surface area contributed by atoms with Gasteiger partial charge in [0.2, 0.25) is 0 Å².